The second kappa shape index (κ2) is 6.15. The van der Waals surface area contributed by atoms with Crippen molar-refractivity contribution in [2.24, 2.45) is 7.05 Å². The number of benzene rings is 1. The second-order valence-corrected chi connectivity index (χ2v) is 5.37. The van der Waals surface area contributed by atoms with Crippen LogP contribution in [0.25, 0.3) is 10.9 Å². The Kier molecular flexibility index (Phi) is 4.46. The number of carbonyl (C=O) groups excluding carboxylic acids is 2. The minimum Gasteiger partial charge on any atom is -0.347 e. The van der Waals surface area contributed by atoms with Crippen LogP contribution in [0.15, 0.2) is 23.0 Å². The van der Waals surface area contributed by atoms with E-state index in [1.807, 2.05) is 0 Å². The molecule has 0 saturated carbocycles. The Morgan fingerprint density at radius 1 is 1.36 bits per heavy atom. The fourth-order valence-electron chi connectivity index (χ4n) is 1.90. The molecule has 0 spiro atoms. The molecule has 1 heterocycles. The van der Waals surface area contributed by atoms with Gasteiger partial charge in [0.1, 0.15) is 0 Å². The van der Waals surface area contributed by atoms with E-state index < -0.39 is 11.3 Å². The average molecular weight is 323 g/mol. The smallest absolute Gasteiger partial charge is 0.276 e. The van der Waals surface area contributed by atoms with Crippen LogP contribution in [-0.4, -0.2) is 47.1 Å². The zero-order valence-electron chi connectivity index (χ0n) is 12.4. The maximum absolute atomic E-state index is 12.4. The third-order valence-corrected chi connectivity index (χ3v) is 3.37. The molecule has 22 heavy (non-hydrogen) atoms. The first kappa shape index (κ1) is 16.0. The molecule has 116 valence electrons. The molecule has 1 aromatic carbocycles. The summed E-state index contributed by atoms with van der Waals surface area (Å²) >= 11 is 5.89. The molecule has 0 radical (unpaired) electrons. The number of carbonyl (C=O) groups is 2. The summed E-state index contributed by atoms with van der Waals surface area (Å²) < 4.78 is 1.43. The van der Waals surface area contributed by atoms with E-state index in [9.17, 15) is 14.4 Å². The van der Waals surface area contributed by atoms with Crippen LogP contribution in [0.1, 0.15) is 10.5 Å². The van der Waals surface area contributed by atoms with Crippen molar-refractivity contribution in [1.82, 2.24) is 20.0 Å². The molecule has 1 N–H and O–H groups in total. The maximum Gasteiger partial charge on any atom is 0.276 e. The molecule has 2 aromatic rings. The topological polar surface area (TPSA) is 84.3 Å². The number of amides is 2. The molecular formula is C14H15ClN4O3. The van der Waals surface area contributed by atoms with Crippen molar-refractivity contribution in [2.75, 3.05) is 20.6 Å². The molecule has 8 heteroatoms. The number of likely N-dealkylation sites (N-methyl/N-ethyl adjacent to an activating group) is 1. The van der Waals surface area contributed by atoms with E-state index in [1.54, 1.807) is 33.3 Å². The van der Waals surface area contributed by atoms with Gasteiger partial charge in [-0.15, -0.1) is 0 Å². The molecule has 0 aliphatic heterocycles. The maximum atomic E-state index is 12.4. The molecule has 2 amide bonds. The van der Waals surface area contributed by atoms with Crippen LogP contribution in [0.2, 0.25) is 5.02 Å². The zero-order valence-corrected chi connectivity index (χ0v) is 13.1. The summed E-state index contributed by atoms with van der Waals surface area (Å²) in [5.74, 6) is -0.980. The lowest BCUT2D eigenvalue weighted by Gasteiger charge is -2.11. The highest BCUT2D eigenvalue weighted by Gasteiger charge is 2.17. The van der Waals surface area contributed by atoms with Gasteiger partial charge in [0.05, 0.1) is 17.4 Å². The number of aromatic nitrogens is 2. The van der Waals surface area contributed by atoms with Crippen LogP contribution < -0.4 is 10.7 Å². The van der Waals surface area contributed by atoms with Crippen molar-refractivity contribution < 1.29 is 9.59 Å². The molecule has 0 bridgehead atoms. The van der Waals surface area contributed by atoms with Gasteiger partial charge in [0.15, 0.2) is 5.69 Å². The van der Waals surface area contributed by atoms with Crippen LogP contribution in [0.3, 0.4) is 0 Å². The number of aryl methyl sites for hydroxylation is 1. The molecule has 0 aliphatic rings. The quantitative estimate of drug-likeness (QED) is 0.886. The van der Waals surface area contributed by atoms with E-state index in [0.29, 0.717) is 15.9 Å². The Bertz CT molecular complexity index is 814. The SMILES string of the molecule is CN(C)C(=O)CNC(=O)c1nn(C)c2ccc(Cl)cc2c1=O. The van der Waals surface area contributed by atoms with Crippen molar-refractivity contribution in [2.45, 2.75) is 0 Å². The first-order valence-corrected chi connectivity index (χ1v) is 6.84. The van der Waals surface area contributed by atoms with Crippen molar-refractivity contribution >= 4 is 34.3 Å². The largest absolute Gasteiger partial charge is 0.347 e. The third-order valence-electron chi connectivity index (χ3n) is 3.13. The van der Waals surface area contributed by atoms with E-state index in [0.717, 1.165) is 0 Å². The predicted molar refractivity (Wildman–Crippen MR) is 83.0 cm³/mol. The van der Waals surface area contributed by atoms with E-state index in [-0.39, 0.29) is 18.1 Å². The zero-order chi connectivity index (χ0) is 16.4. The van der Waals surface area contributed by atoms with Crippen LogP contribution in [0.5, 0.6) is 0 Å². The highest BCUT2D eigenvalue weighted by molar-refractivity contribution is 6.31. The second-order valence-electron chi connectivity index (χ2n) is 4.93. The van der Waals surface area contributed by atoms with E-state index in [1.165, 1.54) is 15.6 Å². The molecule has 0 atom stereocenters. The standard InChI is InChI=1S/C14H15ClN4O3/c1-18(2)11(20)7-16-14(22)12-13(21)9-6-8(15)4-5-10(9)19(3)17-12/h4-6H,7H2,1-3H3,(H,16,22). The monoisotopic (exact) mass is 322 g/mol. The first-order valence-electron chi connectivity index (χ1n) is 6.46. The molecule has 0 fully saturated rings. The van der Waals surface area contributed by atoms with Crippen LogP contribution in [0.4, 0.5) is 0 Å². The number of rotatable bonds is 3. The molecule has 0 aliphatic carbocycles. The molecule has 0 saturated heterocycles. The number of halogens is 1. The Labute approximate surface area is 131 Å². The number of nitrogens with zero attached hydrogens (tertiary/aromatic N) is 3. The van der Waals surface area contributed by atoms with Gasteiger partial charge >= 0.3 is 0 Å². The fourth-order valence-corrected chi connectivity index (χ4v) is 2.07. The van der Waals surface area contributed by atoms with Crippen molar-refractivity contribution in [1.29, 1.82) is 0 Å². The van der Waals surface area contributed by atoms with Gasteiger partial charge in [0.25, 0.3) is 5.91 Å². The predicted octanol–water partition coefficient (Wildman–Crippen LogP) is 0.405. The Morgan fingerprint density at radius 3 is 2.68 bits per heavy atom. The summed E-state index contributed by atoms with van der Waals surface area (Å²) in [7, 11) is 4.77. The summed E-state index contributed by atoms with van der Waals surface area (Å²) in [5, 5.41) is 7.06. The van der Waals surface area contributed by atoms with Gasteiger partial charge in [0, 0.05) is 26.2 Å². The number of hydrogen-bond donors (Lipinski definition) is 1. The van der Waals surface area contributed by atoms with Gasteiger partial charge in [-0.1, -0.05) is 11.6 Å². The summed E-state index contributed by atoms with van der Waals surface area (Å²) in [6, 6.07) is 4.78. The van der Waals surface area contributed by atoms with Gasteiger partial charge in [-0.3, -0.25) is 19.1 Å². The minimum absolute atomic E-state index is 0.204. The molecule has 7 nitrogen and oxygen atoms in total. The molecular weight excluding hydrogens is 308 g/mol. The van der Waals surface area contributed by atoms with Gasteiger partial charge < -0.3 is 10.2 Å². The van der Waals surface area contributed by atoms with Gasteiger partial charge in [-0.25, -0.2) is 0 Å². The van der Waals surface area contributed by atoms with Crippen molar-refractivity contribution in [3.63, 3.8) is 0 Å². The van der Waals surface area contributed by atoms with Gasteiger partial charge in [0.2, 0.25) is 11.3 Å². The summed E-state index contributed by atoms with van der Waals surface area (Å²) in [6.07, 6.45) is 0. The summed E-state index contributed by atoms with van der Waals surface area (Å²) in [5.41, 5.74) is -0.232. The van der Waals surface area contributed by atoms with E-state index >= 15 is 0 Å². The highest BCUT2D eigenvalue weighted by atomic mass is 35.5. The van der Waals surface area contributed by atoms with E-state index in [4.69, 9.17) is 11.6 Å². The van der Waals surface area contributed by atoms with Crippen LogP contribution in [0, 0.1) is 0 Å². The van der Waals surface area contributed by atoms with Gasteiger partial charge in [-0.05, 0) is 18.2 Å². The lowest BCUT2D eigenvalue weighted by molar-refractivity contribution is -0.127. The minimum atomic E-state index is -0.697. The van der Waals surface area contributed by atoms with E-state index in [2.05, 4.69) is 10.4 Å². The van der Waals surface area contributed by atoms with Crippen LogP contribution >= 0.6 is 11.6 Å². The number of nitrogens with one attached hydrogen (secondary N) is 1. The highest BCUT2D eigenvalue weighted by Crippen LogP contribution is 2.15. The van der Waals surface area contributed by atoms with Gasteiger partial charge in [-0.2, -0.15) is 5.10 Å². The summed E-state index contributed by atoms with van der Waals surface area (Å²) in [6.45, 7) is -0.204. The molecule has 2 rings (SSSR count). The number of hydrogen-bond acceptors (Lipinski definition) is 4. The van der Waals surface area contributed by atoms with Crippen molar-refractivity contribution in [3.8, 4) is 0 Å². The average Bonchev–Trinajstić information content (AvgIpc) is 2.47. The third kappa shape index (κ3) is 3.09. The Morgan fingerprint density at radius 2 is 2.05 bits per heavy atom. The lowest BCUT2D eigenvalue weighted by Crippen LogP contribution is -2.38. The molecule has 0 unspecified atom stereocenters. The normalized spacial score (nSPS) is 10.5. The van der Waals surface area contributed by atoms with Crippen molar-refractivity contribution in [3.05, 3.63) is 39.1 Å². The Balaban J connectivity index is 2.39. The fraction of sp³-hybridized carbons (Fsp3) is 0.286. The van der Waals surface area contributed by atoms with Crippen LogP contribution in [-0.2, 0) is 11.8 Å². The number of fused-ring (bicyclic) bond motifs is 1. The lowest BCUT2D eigenvalue weighted by atomic mass is 10.2. The molecule has 1 aromatic heterocycles. The summed E-state index contributed by atoms with van der Waals surface area (Å²) in [4.78, 5) is 37.3. The Hall–Kier alpha value is -2.41. The first-order chi connectivity index (χ1) is 10.3.